The molecule has 1 heterocycles. The first-order valence-corrected chi connectivity index (χ1v) is 6.64. The molecule has 1 aromatic carbocycles. The third-order valence-corrected chi connectivity index (χ3v) is 2.86. The summed E-state index contributed by atoms with van der Waals surface area (Å²) in [5.74, 6) is 1.25. The number of para-hydroxylation sites is 2. The molecule has 2 rings (SSSR count). The number of rotatable bonds is 4. The number of ether oxygens (including phenoxy) is 1. The zero-order chi connectivity index (χ0) is 15.4. The van der Waals surface area contributed by atoms with Crippen molar-refractivity contribution in [2.24, 2.45) is 0 Å². The van der Waals surface area contributed by atoms with E-state index >= 15 is 0 Å². The topological polar surface area (TPSA) is 90.1 Å². The van der Waals surface area contributed by atoms with Crippen LogP contribution in [0.15, 0.2) is 30.6 Å². The van der Waals surface area contributed by atoms with Gasteiger partial charge in [0.15, 0.2) is 5.75 Å². The first-order valence-electron chi connectivity index (χ1n) is 6.64. The van der Waals surface area contributed by atoms with Gasteiger partial charge in [0.1, 0.15) is 12.1 Å². The normalized spacial score (nSPS) is 10.5. The van der Waals surface area contributed by atoms with Crippen LogP contribution in [0.3, 0.4) is 0 Å². The summed E-state index contributed by atoms with van der Waals surface area (Å²) in [6, 6.07) is 7.15. The first kappa shape index (κ1) is 14.8. The van der Waals surface area contributed by atoms with Gasteiger partial charge in [-0.3, -0.25) is 4.79 Å². The van der Waals surface area contributed by atoms with Gasteiger partial charge in [-0.1, -0.05) is 26.0 Å². The zero-order valence-electron chi connectivity index (χ0n) is 12.3. The van der Waals surface area contributed by atoms with Crippen LogP contribution in [-0.2, 0) is 4.79 Å². The van der Waals surface area contributed by atoms with E-state index in [4.69, 9.17) is 10.5 Å². The average Bonchev–Trinajstić information content (AvgIpc) is 2.40. The summed E-state index contributed by atoms with van der Waals surface area (Å²) in [5, 5.41) is 2.72. The third-order valence-electron chi connectivity index (χ3n) is 2.86. The quantitative estimate of drug-likeness (QED) is 0.901. The molecule has 0 saturated carbocycles. The minimum absolute atomic E-state index is 0.120. The van der Waals surface area contributed by atoms with Gasteiger partial charge in [0.05, 0.1) is 11.3 Å². The van der Waals surface area contributed by atoms with Gasteiger partial charge in [-0.2, -0.15) is 0 Å². The smallest absolute Gasteiger partial charge is 0.227 e. The highest BCUT2D eigenvalue weighted by molar-refractivity contribution is 5.90. The fourth-order valence-electron chi connectivity index (χ4n) is 1.97. The Balaban J connectivity index is 2.39. The molecular formula is C15H18N4O2. The third kappa shape index (κ3) is 3.47. The molecule has 0 aliphatic carbocycles. The van der Waals surface area contributed by atoms with E-state index in [1.165, 1.54) is 13.3 Å². The van der Waals surface area contributed by atoms with Crippen LogP contribution in [0.2, 0.25) is 0 Å². The number of nitrogens with two attached hydrogens (primary N) is 1. The molecule has 0 bridgehead atoms. The summed E-state index contributed by atoms with van der Waals surface area (Å²) in [7, 11) is 0. The maximum Gasteiger partial charge on any atom is 0.227 e. The molecule has 0 aliphatic heterocycles. The zero-order valence-corrected chi connectivity index (χ0v) is 12.3. The number of hydrogen-bond donors (Lipinski definition) is 2. The number of nitrogen functional groups attached to an aromatic ring is 1. The molecule has 0 fully saturated rings. The van der Waals surface area contributed by atoms with Gasteiger partial charge in [0, 0.05) is 6.92 Å². The first-order chi connectivity index (χ1) is 9.99. The van der Waals surface area contributed by atoms with Crippen molar-refractivity contribution in [1.82, 2.24) is 9.97 Å². The van der Waals surface area contributed by atoms with Crippen molar-refractivity contribution in [1.29, 1.82) is 0 Å². The Kier molecular flexibility index (Phi) is 4.37. The second-order valence-electron chi connectivity index (χ2n) is 4.91. The van der Waals surface area contributed by atoms with Gasteiger partial charge in [-0.05, 0) is 18.1 Å². The van der Waals surface area contributed by atoms with Crippen molar-refractivity contribution < 1.29 is 9.53 Å². The summed E-state index contributed by atoms with van der Waals surface area (Å²) in [4.78, 5) is 19.4. The van der Waals surface area contributed by atoms with Crippen molar-refractivity contribution in [3.05, 3.63) is 36.2 Å². The Bertz CT molecular complexity index is 656. The Morgan fingerprint density at radius 1 is 1.29 bits per heavy atom. The highest BCUT2D eigenvalue weighted by Gasteiger charge is 2.16. The molecule has 0 radical (unpaired) electrons. The summed E-state index contributed by atoms with van der Waals surface area (Å²) in [6.07, 6.45) is 1.36. The number of benzene rings is 1. The van der Waals surface area contributed by atoms with E-state index in [1.807, 2.05) is 26.0 Å². The fraction of sp³-hybridized carbons (Fsp3) is 0.267. The number of carbonyl (C=O) groups excluding carboxylic acids is 1. The van der Waals surface area contributed by atoms with Gasteiger partial charge in [-0.15, -0.1) is 0 Å². The summed E-state index contributed by atoms with van der Waals surface area (Å²) in [6.45, 7) is 5.42. The van der Waals surface area contributed by atoms with Crippen molar-refractivity contribution in [3.63, 3.8) is 0 Å². The van der Waals surface area contributed by atoms with Gasteiger partial charge in [0.25, 0.3) is 0 Å². The van der Waals surface area contributed by atoms with Crippen LogP contribution in [0.25, 0.3) is 0 Å². The molecule has 3 N–H and O–H groups in total. The van der Waals surface area contributed by atoms with Crippen LogP contribution in [0.1, 0.15) is 32.3 Å². The SMILES string of the molecule is CC(=O)Nc1ccccc1Oc1ncnc(N)c1C(C)C. The number of carbonyl (C=O) groups is 1. The standard InChI is InChI=1S/C15H18N4O2/c1-9(2)13-14(16)17-8-18-15(13)21-12-7-5-4-6-11(12)19-10(3)20/h4-9H,1-3H3,(H,19,20)(H2,16,17,18). The van der Waals surface area contributed by atoms with E-state index in [-0.39, 0.29) is 11.8 Å². The predicted molar refractivity (Wildman–Crippen MR) is 81.4 cm³/mol. The molecule has 0 spiro atoms. The molecule has 6 nitrogen and oxygen atoms in total. The van der Waals surface area contributed by atoms with E-state index in [2.05, 4.69) is 15.3 Å². The highest BCUT2D eigenvalue weighted by atomic mass is 16.5. The molecule has 110 valence electrons. The van der Waals surface area contributed by atoms with Crippen molar-refractivity contribution in [2.45, 2.75) is 26.7 Å². The van der Waals surface area contributed by atoms with E-state index in [1.54, 1.807) is 12.1 Å². The van der Waals surface area contributed by atoms with Crippen molar-refractivity contribution in [3.8, 4) is 11.6 Å². The van der Waals surface area contributed by atoms with E-state index < -0.39 is 0 Å². The number of hydrogen-bond acceptors (Lipinski definition) is 5. The summed E-state index contributed by atoms with van der Waals surface area (Å²) < 4.78 is 5.84. The molecule has 0 saturated heterocycles. The predicted octanol–water partition coefficient (Wildman–Crippen LogP) is 2.93. The molecule has 0 unspecified atom stereocenters. The van der Waals surface area contributed by atoms with Crippen LogP contribution in [-0.4, -0.2) is 15.9 Å². The number of nitrogens with one attached hydrogen (secondary N) is 1. The Labute approximate surface area is 123 Å². The molecule has 21 heavy (non-hydrogen) atoms. The number of nitrogens with zero attached hydrogens (tertiary/aromatic N) is 2. The van der Waals surface area contributed by atoms with Gasteiger partial charge in [-0.25, -0.2) is 9.97 Å². The minimum Gasteiger partial charge on any atom is -0.436 e. The second-order valence-corrected chi connectivity index (χ2v) is 4.91. The average molecular weight is 286 g/mol. The van der Waals surface area contributed by atoms with Crippen molar-refractivity contribution >= 4 is 17.4 Å². The minimum atomic E-state index is -0.169. The lowest BCUT2D eigenvalue weighted by molar-refractivity contribution is -0.114. The van der Waals surface area contributed by atoms with Crippen LogP contribution < -0.4 is 15.8 Å². The fourth-order valence-corrected chi connectivity index (χ4v) is 1.97. The molecule has 2 aromatic rings. The second kappa shape index (κ2) is 6.21. The lowest BCUT2D eigenvalue weighted by atomic mass is 10.1. The molecule has 0 aliphatic rings. The van der Waals surface area contributed by atoms with Crippen molar-refractivity contribution in [2.75, 3.05) is 11.1 Å². The number of aromatic nitrogens is 2. The van der Waals surface area contributed by atoms with Crippen LogP contribution in [0.5, 0.6) is 11.6 Å². The van der Waals surface area contributed by atoms with E-state index in [0.717, 1.165) is 5.56 Å². The Morgan fingerprint density at radius 3 is 2.67 bits per heavy atom. The molecule has 6 heteroatoms. The van der Waals surface area contributed by atoms with Gasteiger partial charge >= 0.3 is 0 Å². The lowest BCUT2D eigenvalue weighted by Crippen LogP contribution is -2.08. The van der Waals surface area contributed by atoms with Gasteiger partial charge < -0.3 is 15.8 Å². The van der Waals surface area contributed by atoms with E-state index in [9.17, 15) is 4.79 Å². The molecule has 0 atom stereocenters. The van der Waals surface area contributed by atoms with Crippen LogP contribution in [0.4, 0.5) is 11.5 Å². The highest BCUT2D eigenvalue weighted by Crippen LogP contribution is 2.34. The maximum atomic E-state index is 11.2. The maximum absolute atomic E-state index is 11.2. The molecule has 1 aromatic heterocycles. The monoisotopic (exact) mass is 286 g/mol. The lowest BCUT2D eigenvalue weighted by Gasteiger charge is -2.15. The van der Waals surface area contributed by atoms with Crippen LogP contribution in [0, 0.1) is 0 Å². The summed E-state index contributed by atoms with van der Waals surface area (Å²) in [5.41, 5.74) is 7.22. The van der Waals surface area contributed by atoms with E-state index in [0.29, 0.717) is 23.1 Å². The molecular weight excluding hydrogens is 268 g/mol. The molecule has 1 amide bonds. The number of anilines is 2. The largest absolute Gasteiger partial charge is 0.436 e. The van der Waals surface area contributed by atoms with Gasteiger partial charge in [0.2, 0.25) is 11.8 Å². The summed E-state index contributed by atoms with van der Waals surface area (Å²) >= 11 is 0. The Morgan fingerprint density at radius 2 is 2.00 bits per heavy atom. The Hall–Kier alpha value is -2.63. The van der Waals surface area contributed by atoms with Crippen LogP contribution >= 0.6 is 0 Å². The number of amides is 1.